The molecule has 7 nitrogen and oxygen atoms in total. The number of hydrogen-bond acceptors (Lipinski definition) is 6. The molecular weight excluding hydrogens is 292 g/mol. The molecule has 102 valence electrons. The van der Waals surface area contributed by atoms with Gasteiger partial charge in [-0.05, 0) is 12.1 Å². The van der Waals surface area contributed by atoms with Gasteiger partial charge in [-0.1, -0.05) is 11.6 Å². The third kappa shape index (κ3) is 2.40. The van der Waals surface area contributed by atoms with Crippen molar-refractivity contribution >= 4 is 35.2 Å². The lowest BCUT2D eigenvalue weighted by Gasteiger charge is -2.08. The highest BCUT2D eigenvalue weighted by Crippen LogP contribution is 2.21. The number of halogens is 1. The zero-order chi connectivity index (χ0) is 14.8. The molecule has 3 aromatic heterocycles. The number of aromatic nitrogens is 4. The fourth-order valence-corrected chi connectivity index (χ4v) is 1.96. The van der Waals surface area contributed by atoms with Crippen LogP contribution >= 0.6 is 11.6 Å². The number of pyridine rings is 1. The molecule has 0 amide bonds. The van der Waals surface area contributed by atoms with E-state index in [0.717, 1.165) is 0 Å². The molecule has 0 fully saturated rings. The van der Waals surface area contributed by atoms with Crippen molar-refractivity contribution in [2.75, 3.05) is 5.32 Å². The molecule has 3 aromatic rings. The maximum atomic E-state index is 10.6. The van der Waals surface area contributed by atoms with Gasteiger partial charge in [0.15, 0.2) is 11.9 Å². The summed E-state index contributed by atoms with van der Waals surface area (Å²) >= 11 is 5.96. The first-order valence-electron chi connectivity index (χ1n) is 5.84. The standard InChI is InChI=1S/C13H7ClN6O/c14-10-3-12(19-11-2-1-8(7-21)5-16-11)20-13(18-10)9(4-15)6-17-20/h1-3,5-7H,(H,16,19). The highest BCUT2D eigenvalue weighted by atomic mass is 35.5. The molecule has 0 unspecified atom stereocenters. The van der Waals surface area contributed by atoms with Gasteiger partial charge in [-0.15, -0.1) is 0 Å². The topological polar surface area (TPSA) is 96.0 Å². The minimum Gasteiger partial charge on any atom is -0.325 e. The van der Waals surface area contributed by atoms with E-state index >= 15 is 0 Å². The molecule has 0 aliphatic heterocycles. The van der Waals surface area contributed by atoms with E-state index in [4.69, 9.17) is 16.9 Å². The lowest BCUT2D eigenvalue weighted by molar-refractivity contribution is 0.112. The van der Waals surface area contributed by atoms with Crippen LogP contribution in [0.5, 0.6) is 0 Å². The molecule has 0 atom stereocenters. The number of hydrogen-bond donors (Lipinski definition) is 1. The van der Waals surface area contributed by atoms with E-state index in [1.165, 1.54) is 16.9 Å². The number of anilines is 2. The molecular formula is C13H7ClN6O. The van der Waals surface area contributed by atoms with Gasteiger partial charge < -0.3 is 5.32 Å². The average Bonchev–Trinajstić information content (AvgIpc) is 2.91. The van der Waals surface area contributed by atoms with Crippen LogP contribution < -0.4 is 5.32 Å². The smallest absolute Gasteiger partial charge is 0.176 e. The lowest BCUT2D eigenvalue weighted by Crippen LogP contribution is -2.03. The summed E-state index contributed by atoms with van der Waals surface area (Å²) in [5, 5.41) is 16.3. The first-order valence-corrected chi connectivity index (χ1v) is 6.21. The predicted molar refractivity (Wildman–Crippen MR) is 75.6 cm³/mol. The second-order valence-corrected chi connectivity index (χ2v) is 4.48. The largest absolute Gasteiger partial charge is 0.325 e. The highest BCUT2D eigenvalue weighted by molar-refractivity contribution is 6.29. The first-order chi connectivity index (χ1) is 10.2. The summed E-state index contributed by atoms with van der Waals surface area (Å²) in [6.45, 7) is 0. The molecule has 0 saturated heterocycles. The Bertz CT molecular complexity index is 865. The van der Waals surface area contributed by atoms with Crippen LogP contribution in [0.1, 0.15) is 15.9 Å². The molecule has 8 heteroatoms. The number of fused-ring (bicyclic) bond motifs is 1. The Morgan fingerprint density at radius 2 is 2.24 bits per heavy atom. The van der Waals surface area contributed by atoms with Crippen molar-refractivity contribution in [2.24, 2.45) is 0 Å². The van der Waals surface area contributed by atoms with Crippen molar-refractivity contribution in [3.8, 4) is 6.07 Å². The average molecular weight is 299 g/mol. The van der Waals surface area contributed by atoms with E-state index in [1.807, 2.05) is 6.07 Å². The highest BCUT2D eigenvalue weighted by Gasteiger charge is 2.11. The van der Waals surface area contributed by atoms with E-state index in [9.17, 15) is 4.79 Å². The molecule has 0 spiro atoms. The number of aldehydes is 1. The summed E-state index contributed by atoms with van der Waals surface area (Å²) in [5.74, 6) is 1.02. The number of nitriles is 1. The molecule has 0 aliphatic carbocycles. The minimum absolute atomic E-state index is 0.228. The van der Waals surface area contributed by atoms with E-state index in [1.54, 1.807) is 18.2 Å². The molecule has 0 radical (unpaired) electrons. The fraction of sp³-hybridized carbons (Fsp3) is 0. The van der Waals surface area contributed by atoms with E-state index in [2.05, 4.69) is 20.4 Å². The fourth-order valence-electron chi connectivity index (χ4n) is 1.78. The van der Waals surface area contributed by atoms with Gasteiger partial charge in [0, 0.05) is 17.8 Å². The lowest BCUT2D eigenvalue weighted by atomic mass is 10.3. The zero-order valence-corrected chi connectivity index (χ0v) is 11.2. The second-order valence-electron chi connectivity index (χ2n) is 4.09. The van der Waals surface area contributed by atoms with Gasteiger partial charge in [0.25, 0.3) is 0 Å². The Hall–Kier alpha value is -2.98. The zero-order valence-electron chi connectivity index (χ0n) is 10.5. The number of nitrogens with zero attached hydrogens (tertiary/aromatic N) is 5. The molecule has 0 aromatic carbocycles. The third-order valence-electron chi connectivity index (χ3n) is 2.74. The first kappa shape index (κ1) is 13.0. The van der Waals surface area contributed by atoms with Crippen LogP contribution in [0.25, 0.3) is 5.65 Å². The molecule has 3 rings (SSSR count). The van der Waals surface area contributed by atoms with Crippen LogP contribution in [0.15, 0.2) is 30.6 Å². The summed E-state index contributed by atoms with van der Waals surface area (Å²) in [6, 6.07) is 6.85. The number of carbonyl (C=O) groups is 1. The maximum Gasteiger partial charge on any atom is 0.176 e. The van der Waals surface area contributed by atoms with E-state index in [0.29, 0.717) is 34.7 Å². The molecule has 0 saturated carbocycles. The summed E-state index contributed by atoms with van der Waals surface area (Å²) in [4.78, 5) is 18.8. The SMILES string of the molecule is N#Cc1cnn2c(Nc3ccc(C=O)cn3)cc(Cl)nc12. The summed E-state index contributed by atoms with van der Waals surface area (Å²) in [5.41, 5.74) is 1.16. The molecule has 0 aliphatic rings. The molecule has 21 heavy (non-hydrogen) atoms. The van der Waals surface area contributed by atoms with Crippen molar-refractivity contribution in [1.82, 2.24) is 19.6 Å². The van der Waals surface area contributed by atoms with Crippen LogP contribution in [-0.4, -0.2) is 25.9 Å². The predicted octanol–water partition coefficient (Wildman–Crippen LogP) is 2.21. The van der Waals surface area contributed by atoms with Crippen LogP contribution in [0, 0.1) is 11.3 Å². The Morgan fingerprint density at radius 1 is 1.38 bits per heavy atom. The van der Waals surface area contributed by atoms with Gasteiger partial charge >= 0.3 is 0 Å². The van der Waals surface area contributed by atoms with Crippen LogP contribution in [0.2, 0.25) is 5.15 Å². The van der Waals surface area contributed by atoms with Crippen LogP contribution in [-0.2, 0) is 0 Å². The Labute approximate surface area is 123 Å². The minimum atomic E-state index is 0.228. The van der Waals surface area contributed by atoms with Crippen molar-refractivity contribution in [1.29, 1.82) is 5.26 Å². The maximum absolute atomic E-state index is 10.6. The monoisotopic (exact) mass is 298 g/mol. The van der Waals surface area contributed by atoms with E-state index in [-0.39, 0.29) is 5.15 Å². The van der Waals surface area contributed by atoms with Gasteiger partial charge in [0.1, 0.15) is 28.4 Å². The van der Waals surface area contributed by atoms with Gasteiger partial charge in [0.05, 0.1) is 6.20 Å². The van der Waals surface area contributed by atoms with Crippen LogP contribution in [0.3, 0.4) is 0 Å². The van der Waals surface area contributed by atoms with Crippen molar-refractivity contribution < 1.29 is 4.79 Å². The van der Waals surface area contributed by atoms with Crippen molar-refractivity contribution in [3.05, 3.63) is 46.9 Å². The molecule has 1 N–H and O–H groups in total. The summed E-state index contributed by atoms with van der Waals surface area (Å²) in [7, 11) is 0. The van der Waals surface area contributed by atoms with Gasteiger partial charge in [0.2, 0.25) is 0 Å². The van der Waals surface area contributed by atoms with Gasteiger partial charge in [-0.3, -0.25) is 4.79 Å². The Morgan fingerprint density at radius 3 is 2.90 bits per heavy atom. The van der Waals surface area contributed by atoms with E-state index < -0.39 is 0 Å². The molecule has 3 heterocycles. The number of rotatable bonds is 3. The Balaban J connectivity index is 2.05. The van der Waals surface area contributed by atoms with Crippen LogP contribution in [0.4, 0.5) is 11.6 Å². The summed E-state index contributed by atoms with van der Waals surface area (Å²) < 4.78 is 1.46. The number of nitrogens with one attached hydrogen (secondary N) is 1. The number of carbonyl (C=O) groups excluding carboxylic acids is 1. The third-order valence-corrected chi connectivity index (χ3v) is 2.93. The normalized spacial score (nSPS) is 10.3. The quantitative estimate of drug-likeness (QED) is 0.588. The Kier molecular flexibility index (Phi) is 3.22. The van der Waals surface area contributed by atoms with Crippen molar-refractivity contribution in [2.45, 2.75) is 0 Å². The molecule has 0 bridgehead atoms. The summed E-state index contributed by atoms with van der Waals surface area (Å²) in [6.07, 6.45) is 3.57. The van der Waals surface area contributed by atoms with Gasteiger partial charge in [-0.25, -0.2) is 9.97 Å². The second kappa shape index (κ2) is 5.19. The van der Waals surface area contributed by atoms with Gasteiger partial charge in [-0.2, -0.15) is 14.9 Å². The van der Waals surface area contributed by atoms with Crippen molar-refractivity contribution in [3.63, 3.8) is 0 Å².